The van der Waals surface area contributed by atoms with Crippen LogP contribution in [0.2, 0.25) is 0 Å². The van der Waals surface area contributed by atoms with Crippen molar-refractivity contribution in [2.75, 3.05) is 0 Å². The standard InChI is InChI=1S/C70H45N7/c1-6-19-46(20-7-1)54-44-61(47-21-8-2-9-22-47)71-65(45-54)77-62-32-17-16-31-57(62)59-42-51(35-38-64(59)77)52-34-37-63-60(43-52)58-36-33-48-39-40-75(55-28-14-5-15-29-55)66(48)67(58)76(63)56-30-18-27-53(41-56)70-73-68(49-23-10-3-11-24-49)72-69(74-70)50-25-12-4-13-26-50/h1-45H. The van der Waals surface area contributed by atoms with Crippen LogP contribution in [-0.4, -0.2) is 33.6 Å². The highest BCUT2D eigenvalue weighted by Crippen LogP contribution is 2.42. The van der Waals surface area contributed by atoms with Crippen LogP contribution in [0.5, 0.6) is 0 Å². The first-order chi connectivity index (χ1) is 38.2. The summed E-state index contributed by atoms with van der Waals surface area (Å²) in [6.45, 7) is 0. The summed E-state index contributed by atoms with van der Waals surface area (Å²) >= 11 is 0. The van der Waals surface area contributed by atoms with Crippen LogP contribution < -0.4 is 0 Å². The molecule has 10 aromatic carbocycles. The molecule has 0 unspecified atom stereocenters. The largest absolute Gasteiger partial charge is 0.315 e. The van der Waals surface area contributed by atoms with Crippen LogP contribution in [0.3, 0.4) is 0 Å². The molecule has 0 spiro atoms. The monoisotopic (exact) mass is 983 g/mol. The minimum atomic E-state index is 0.605. The van der Waals surface area contributed by atoms with Crippen LogP contribution >= 0.6 is 0 Å². The van der Waals surface area contributed by atoms with Crippen molar-refractivity contribution in [3.8, 4) is 84.9 Å². The van der Waals surface area contributed by atoms with E-state index in [1.54, 1.807) is 0 Å². The Morgan fingerprint density at radius 2 is 0.779 bits per heavy atom. The highest BCUT2D eigenvalue weighted by atomic mass is 15.1. The number of hydrogen-bond donors (Lipinski definition) is 0. The van der Waals surface area contributed by atoms with Crippen LogP contribution in [0.4, 0.5) is 0 Å². The Morgan fingerprint density at radius 1 is 0.260 bits per heavy atom. The molecule has 7 heteroatoms. The zero-order chi connectivity index (χ0) is 50.8. The first-order valence-electron chi connectivity index (χ1n) is 26.0. The fraction of sp³-hybridized carbons (Fsp3) is 0. The molecule has 0 amide bonds. The van der Waals surface area contributed by atoms with Gasteiger partial charge in [-0.15, -0.1) is 0 Å². The minimum absolute atomic E-state index is 0.605. The number of benzene rings is 10. The van der Waals surface area contributed by atoms with Gasteiger partial charge in [-0.3, -0.25) is 4.57 Å². The molecule has 0 aliphatic heterocycles. The molecule has 15 rings (SSSR count). The van der Waals surface area contributed by atoms with Crippen LogP contribution in [0.25, 0.3) is 139 Å². The van der Waals surface area contributed by atoms with Crippen molar-refractivity contribution in [1.29, 1.82) is 0 Å². The maximum Gasteiger partial charge on any atom is 0.164 e. The van der Waals surface area contributed by atoms with Gasteiger partial charge < -0.3 is 9.13 Å². The quantitative estimate of drug-likeness (QED) is 0.145. The van der Waals surface area contributed by atoms with E-state index in [1.165, 1.54) is 5.39 Å². The maximum absolute atomic E-state index is 5.39. The van der Waals surface area contributed by atoms with Gasteiger partial charge in [0.25, 0.3) is 0 Å². The van der Waals surface area contributed by atoms with Crippen molar-refractivity contribution in [2.24, 2.45) is 0 Å². The van der Waals surface area contributed by atoms with Crippen molar-refractivity contribution in [1.82, 2.24) is 33.6 Å². The second-order valence-corrected chi connectivity index (χ2v) is 19.5. The number of fused-ring (bicyclic) bond motifs is 8. The second-order valence-electron chi connectivity index (χ2n) is 19.5. The maximum atomic E-state index is 5.39. The Kier molecular flexibility index (Phi) is 10.4. The van der Waals surface area contributed by atoms with Crippen molar-refractivity contribution in [3.05, 3.63) is 273 Å². The number of nitrogens with zero attached hydrogens (tertiary/aromatic N) is 7. The van der Waals surface area contributed by atoms with E-state index in [0.717, 1.165) is 117 Å². The third kappa shape index (κ3) is 7.59. The second kappa shape index (κ2) is 18.2. The lowest BCUT2D eigenvalue weighted by atomic mass is 10.0. The lowest BCUT2D eigenvalue weighted by Crippen LogP contribution is -2.01. The van der Waals surface area contributed by atoms with Crippen molar-refractivity contribution in [3.63, 3.8) is 0 Å². The fourth-order valence-electron chi connectivity index (χ4n) is 11.3. The van der Waals surface area contributed by atoms with Crippen molar-refractivity contribution < 1.29 is 0 Å². The van der Waals surface area contributed by atoms with E-state index in [4.69, 9.17) is 19.9 Å². The third-order valence-corrected chi connectivity index (χ3v) is 14.9. The number of pyridine rings is 1. The number of rotatable bonds is 9. The van der Waals surface area contributed by atoms with E-state index in [2.05, 4.69) is 226 Å². The zero-order valence-electron chi connectivity index (χ0n) is 41.6. The molecule has 0 atom stereocenters. The number of hydrogen-bond acceptors (Lipinski definition) is 4. The highest BCUT2D eigenvalue weighted by molar-refractivity contribution is 6.19. The minimum Gasteiger partial charge on any atom is -0.315 e. The van der Waals surface area contributed by atoms with E-state index in [0.29, 0.717) is 17.5 Å². The van der Waals surface area contributed by atoms with Gasteiger partial charge in [-0.05, 0) is 95.1 Å². The van der Waals surface area contributed by atoms with Gasteiger partial charge in [-0.2, -0.15) is 0 Å². The zero-order valence-corrected chi connectivity index (χ0v) is 41.6. The number of para-hydroxylation sites is 2. The Morgan fingerprint density at radius 3 is 1.44 bits per heavy atom. The van der Waals surface area contributed by atoms with Gasteiger partial charge in [0, 0.05) is 66.8 Å². The van der Waals surface area contributed by atoms with Gasteiger partial charge >= 0.3 is 0 Å². The number of aromatic nitrogens is 7. The first-order valence-corrected chi connectivity index (χ1v) is 26.0. The predicted molar refractivity (Wildman–Crippen MR) is 316 cm³/mol. The normalized spacial score (nSPS) is 11.6. The average Bonchev–Trinajstić information content (AvgIpc) is 4.42. The molecule has 0 N–H and O–H groups in total. The molecule has 7 nitrogen and oxygen atoms in total. The van der Waals surface area contributed by atoms with E-state index >= 15 is 0 Å². The Hall–Kier alpha value is -10.5. The summed E-state index contributed by atoms with van der Waals surface area (Å²) in [7, 11) is 0. The molecular weight excluding hydrogens is 939 g/mol. The van der Waals surface area contributed by atoms with E-state index in [1.807, 2.05) is 60.7 Å². The molecule has 0 saturated heterocycles. The van der Waals surface area contributed by atoms with Gasteiger partial charge in [0.05, 0.1) is 33.3 Å². The molecule has 0 aliphatic rings. The summed E-state index contributed by atoms with van der Waals surface area (Å²) in [6, 6.07) is 94.3. The lowest BCUT2D eigenvalue weighted by Gasteiger charge is -2.13. The summed E-state index contributed by atoms with van der Waals surface area (Å²) in [5.74, 6) is 2.73. The summed E-state index contributed by atoms with van der Waals surface area (Å²) in [4.78, 5) is 20.7. The first kappa shape index (κ1) is 44.0. The van der Waals surface area contributed by atoms with E-state index in [9.17, 15) is 0 Å². The Labute approximate surface area is 443 Å². The molecule has 0 saturated carbocycles. The Balaban J connectivity index is 0.918. The molecule has 15 aromatic rings. The molecule has 0 bridgehead atoms. The van der Waals surface area contributed by atoms with Crippen LogP contribution in [-0.2, 0) is 0 Å². The molecule has 5 heterocycles. The average molecular weight is 984 g/mol. The molecule has 0 radical (unpaired) electrons. The summed E-state index contributed by atoms with van der Waals surface area (Å²) in [6.07, 6.45) is 2.19. The molecule has 0 aliphatic carbocycles. The summed E-state index contributed by atoms with van der Waals surface area (Å²) < 4.78 is 7.07. The van der Waals surface area contributed by atoms with Crippen molar-refractivity contribution >= 4 is 54.5 Å². The van der Waals surface area contributed by atoms with Gasteiger partial charge in [-0.25, -0.2) is 19.9 Å². The van der Waals surface area contributed by atoms with E-state index in [-0.39, 0.29) is 0 Å². The highest BCUT2D eigenvalue weighted by Gasteiger charge is 2.22. The van der Waals surface area contributed by atoms with Gasteiger partial charge in [0.2, 0.25) is 0 Å². The molecular formula is C70H45N7. The van der Waals surface area contributed by atoms with Crippen LogP contribution in [0.1, 0.15) is 0 Å². The van der Waals surface area contributed by atoms with Gasteiger partial charge in [0.15, 0.2) is 17.5 Å². The molecule has 5 aromatic heterocycles. The SMILES string of the molecule is c1ccc(-c2cc(-c3ccccc3)nc(-n3c4ccccc4c4cc(-c5ccc6c(c5)c5ccc7ccn(-c8ccccc8)c7c5n6-c5cccc(-c6nc(-c7ccccc7)nc(-c7ccccc7)n6)c5)ccc43)c2)cc1. The van der Waals surface area contributed by atoms with Gasteiger partial charge in [0.1, 0.15) is 5.82 Å². The molecule has 77 heavy (non-hydrogen) atoms. The van der Waals surface area contributed by atoms with Crippen molar-refractivity contribution in [2.45, 2.75) is 0 Å². The summed E-state index contributed by atoms with van der Waals surface area (Å²) in [5.41, 5.74) is 16.9. The lowest BCUT2D eigenvalue weighted by molar-refractivity contribution is 1.07. The predicted octanol–water partition coefficient (Wildman–Crippen LogP) is 17.4. The molecule has 0 fully saturated rings. The summed E-state index contributed by atoms with van der Waals surface area (Å²) in [5, 5.41) is 5.80. The van der Waals surface area contributed by atoms with Crippen LogP contribution in [0, 0.1) is 0 Å². The fourth-order valence-corrected chi connectivity index (χ4v) is 11.3. The van der Waals surface area contributed by atoms with Crippen LogP contribution in [0.15, 0.2) is 273 Å². The Bertz CT molecular complexity index is 4600. The van der Waals surface area contributed by atoms with Gasteiger partial charge in [-0.1, -0.05) is 194 Å². The topological polar surface area (TPSA) is 66.3 Å². The smallest absolute Gasteiger partial charge is 0.164 e. The molecule has 360 valence electrons. The van der Waals surface area contributed by atoms with E-state index < -0.39 is 0 Å². The third-order valence-electron chi connectivity index (χ3n) is 14.9.